The van der Waals surface area contributed by atoms with E-state index < -0.39 is 0 Å². The summed E-state index contributed by atoms with van der Waals surface area (Å²) in [6, 6.07) is 0.783. The lowest BCUT2D eigenvalue weighted by molar-refractivity contribution is -0.0828. The minimum absolute atomic E-state index is 0.679. The van der Waals surface area contributed by atoms with Crippen LogP contribution in [0.3, 0.4) is 0 Å². The van der Waals surface area contributed by atoms with Crippen molar-refractivity contribution in [2.75, 3.05) is 7.05 Å². The van der Waals surface area contributed by atoms with Gasteiger partial charge in [-0.2, -0.15) is 0 Å². The van der Waals surface area contributed by atoms with Crippen molar-refractivity contribution in [3.05, 3.63) is 0 Å². The first-order valence-corrected chi connectivity index (χ1v) is 8.34. The van der Waals surface area contributed by atoms with Crippen molar-refractivity contribution < 1.29 is 0 Å². The first kappa shape index (κ1) is 13.0. The van der Waals surface area contributed by atoms with E-state index >= 15 is 0 Å². The lowest BCUT2D eigenvalue weighted by Crippen LogP contribution is -2.57. The fourth-order valence-electron chi connectivity index (χ4n) is 6.37. The maximum Gasteiger partial charge on any atom is 0.0146 e. The standard InChI is InChI=1S/C17H31N/c1-4-5-12(2)16(18-3)17-9-13-6-14(10-17)8-15(7-13)11-17/h12-16,18H,4-11H2,1-3H3. The van der Waals surface area contributed by atoms with Crippen molar-refractivity contribution in [3.63, 3.8) is 0 Å². The van der Waals surface area contributed by atoms with Gasteiger partial charge in [-0.05, 0) is 81.1 Å². The van der Waals surface area contributed by atoms with Gasteiger partial charge in [0, 0.05) is 6.04 Å². The molecule has 0 amide bonds. The van der Waals surface area contributed by atoms with Gasteiger partial charge in [-0.1, -0.05) is 20.3 Å². The Balaban J connectivity index is 1.80. The van der Waals surface area contributed by atoms with Crippen LogP contribution in [0.5, 0.6) is 0 Å². The van der Waals surface area contributed by atoms with Crippen LogP contribution in [-0.2, 0) is 0 Å². The molecule has 1 nitrogen and oxygen atoms in total. The molecule has 4 fully saturated rings. The third-order valence-corrected chi connectivity index (χ3v) is 6.37. The zero-order chi connectivity index (χ0) is 12.8. The molecule has 0 radical (unpaired) electrons. The Morgan fingerprint density at radius 2 is 1.56 bits per heavy atom. The molecule has 104 valence electrons. The van der Waals surface area contributed by atoms with Gasteiger partial charge >= 0.3 is 0 Å². The molecule has 4 saturated carbocycles. The van der Waals surface area contributed by atoms with E-state index in [1.165, 1.54) is 12.8 Å². The summed E-state index contributed by atoms with van der Waals surface area (Å²) in [5, 5.41) is 3.74. The van der Waals surface area contributed by atoms with Gasteiger partial charge in [-0.25, -0.2) is 0 Å². The van der Waals surface area contributed by atoms with Crippen LogP contribution in [0.4, 0.5) is 0 Å². The summed E-state index contributed by atoms with van der Waals surface area (Å²) >= 11 is 0. The van der Waals surface area contributed by atoms with Crippen LogP contribution < -0.4 is 5.32 Å². The molecule has 2 atom stereocenters. The Morgan fingerprint density at radius 3 is 1.94 bits per heavy atom. The Hall–Kier alpha value is -0.0400. The first-order chi connectivity index (χ1) is 8.66. The van der Waals surface area contributed by atoms with Gasteiger partial charge in [0.15, 0.2) is 0 Å². The molecule has 4 aliphatic rings. The van der Waals surface area contributed by atoms with E-state index in [1.54, 1.807) is 38.5 Å². The van der Waals surface area contributed by atoms with E-state index in [0.717, 1.165) is 29.7 Å². The Morgan fingerprint density at radius 1 is 1.06 bits per heavy atom. The molecule has 0 aromatic rings. The topological polar surface area (TPSA) is 12.0 Å². The molecule has 0 spiro atoms. The highest BCUT2D eigenvalue weighted by Gasteiger charge is 2.54. The zero-order valence-electron chi connectivity index (χ0n) is 12.5. The largest absolute Gasteiger partial charge is 0.316 e. The van der Waals surface area contributed by atoms with Crippen LogP contribution in [0.1, 0.15) is 65.2 Å². The minimum Gasteiger partial charge on any atom is -0.316 e. The lowest BCUT2D eigenvalue weighted by Gasteiger charge is -2.60. The molecule has 0 aromatic heterocycles. The summed E-state index contributed by atoms with van der Waals surface area (Å²) in [5.41, 5.74) is 0.679. The van der Waals surface area contributed by atoms with E-state index in [2.05, 4.69) is 26.2 Å². The molecule has 2 unspecified atom stereocenters. The second kappa shape index (κ2) is 4.81. The van der Waals surface area contributed by atoms with E-state index in [0.29, 0.717) is 5.41 Å². The van der Waals surface area contributed by atoms with Gasteiger partial charge in [0.25, 0.3) is 0 Å². The third-order valence-electron chi connectivity index (χ3n) is 6.37. The summed E-state index contributed by atoms with van der Waals surface area (Å²) in [6.07, 6.45) is 12.1. The highest BCUT2D eigenvalue weighted by molar-refractivity contribution is 5.06. The van der Waals surface area contributed by atoms with Crippen molar-refractivity contribution in [2.45, 2.75) is 71.3 Å². The van der Waals surface area contributed by atoms with Crippen LogP contribution in [-0.4, -0.2) is 13.1 Å². The van der Waals surface area contributed by atoms with E-state index in [1.807, 2.05) is 0 Å². The summed E-state index contributed by atoms with van der Waals surface area (Å²) in [5.74, 6) is 4.11. The van der Waals surface area contributed by atoms with Crippen molar-refractivity contribution in [1.82, 2.24) is 5.32 Å². The molecule has 1 heteroatoms. The van der Waals surface area contributed by atoms with E-state index in [-0.39, 0.29) is 0 Å². The Labute approximate surface area is 113 Å². The van der Waals surface area contributed by atoms with Crippen LogP contribution in [0.25, 0.3) is 0 Å². The molecule has 4 bridgehead atoms. The molecule has 4 aliphatic carbocycles. The number of nitrogens with one attached hydrogen (secondary N) is 1. The summed E-state index contributed by atoms with van der Waals surface area (Å²) < 4.78 is 0. The van der Waals surface area contributed by atoms with Gasteiger partial charge in [-0.15, -0.1) is 0 Å². The van der Waals surface area contributed by atoms with Crippen LogP contribution in [0.2, 0.25) is 0 Å². The minimum atomic E-state index is 0.679. The van der Waals surface area contributed by atoms with Crippen molar-refractivity contribution >= 4 is 0 Å². The van der Waals surface area contributed by atoms with Gasteiger partial charge in [0.1, 0.15) is 0 Å². The molecule has 1 N–H and O–H groups in total. The molecule has 0 aliphatic heterocycles. The van der Waals surface area contributed by atoms with Crippen LogP contribution >= 0.6 is 0 Å². The van der Waals surface area contributed by atoms with E-state index in [4.69, 9.17) is 0 Å². The smallest absolute Gasteiger partial charge is 0.0146 e. The van der Waals surface area contributed by atoms with Crippen molar-refractivity contribution in [1.29, 1.82) is 0 Å². The molecule has 0 saturated heterocycles. The van der Waals surface area contributed by atoms with Crippen LogP contribution in [0.15, 0.2) is 0 Å². The summed E-state index contributed by atoms with van der Waals surface area (Å²) in [7, 11) is 2.22. The molecular formula is C17H31N. The lowest BCUT2D eigenvalue weighted by atomic mass is 9.46. The van der Waals surface area contributed by atoms with Gasteiger partial charge in [0.05, 0.1) is 0 Å². The fourth-order valence-corrected chi connectivity index (χ4v) is 6.37. The summed E-state index contributed by atoms with van der Waals surface area (Å²) in [4.78, 5) is 0. The maximum atomic E-state index is 3.74. The summed E-state index contributed by atoms with van der Waals surface area (Å²) in [6.45, 7) is 4.83. The second-order valence-electron chi connectivity index (χ2n) is 7.81. The normalized spacial score (nSPS) is 45.2. The molecule has 0 aromatic carbocycles. The predicted octanol–water partition coefficient (Wildman–Crippen LogP) is 4.23. The van der Waals surface area contributed by atoms with Gasteiger partial charge in [0.2, 0.25) is 0 Å². The number of rotatable bonds is 5. The zero-order valence-corrected chi connectivity index (χ0v) is 12.5. The van der Waals surface area contributed by atoms with Crippen molar-refractivity contribution in [2.24, 2.45) is 29.1 Å². The Bertz CT molecular complexity index is 261. The third kappa shape index (κ3) is 2.03. The molecule has 4 rings (SSSR count). The highest BCUT2D eigenvalue weighted by atomic mass is 14.9. The van der Waals surface area contributed by atoms with Crippen molar-refractivity contribution in [3.8, 4) is 0 Å². The average molecular weight is 249 g/mol. The number of hydrogen-bond donors (Lipinski definition) is 1. The Kier molecular flexibility index (Phi) is 3.47. The molecule has 18 heavy (non-hydrogen) atoms. The SMILES string of the molecule is CCCC(C)C(NC)C12CC3CC(CC(C3)C1)C2. The molecular weight excluding hydrogens is 218 g/mol. The predicted molar refractivity (Wildman–Crippen MR) is 77.5 cm³/mol. The highest BCUT2D eigenvalue weighted by Crippen LogP contribution is 2.62. The quantitative estimate of drug-likeness (QED) is 0.769. The van der Waals surface area contributed by atoms with Gasteiger partial charge < -0.3 is 5.32 Å². The average Bonchev–Trinajstić information content (AvgIpc) is 2.27. The van der Waals surface area contributed by atoms with Crippen LogP contribution in [0, 0.1) is 29.1 Å². The molecule has 0 heterocycles. The maximum absolute atomic E-state index is 3.74. The first-order valence-electron chi connectivity index (χ1n) is 8.34. The number of hydrogen-bond acceptors (Lipinski definition) is 1. The van der Waals surface area contributed by atoms with E-state index in [9.17, 15) is 0 Å². The second-order valence-corrected chi connectivity index (χ2v) is 7.81. The monoisotopic (exact) mass is 249 g/mol. The fraction of sp³-hybridized carbons (Fsp3) is 1.00. The van der Waals surface area contributed by atoms with Gasteiger partial charge in [-0.3, -0.25) is 0 Å².